The molecule has 1 aliphatic heterocycles. The zero-order valence-electron chi connectivity index (χ0n) is 11.3. The molecule has 1 saturated heterocycles. The van der Waals surface area contributed by atoms with Crippen LogP contribution in [0.15, 0.2) is 40.1 Å². The highest BCUT2D eigenvalue weighted by atomic mass is 16.3. The Morgan fingerprint density at radius 3 is 2.38 bits per heavy atom. The van der Waals surface area contributed by atoms with Crippen LogP contribution in [0.4, 0.5) is 0 Å². The molecular formula is C16H14N2O3. The van der Waals surface area contributed by atoms with Crippen molar-refractivity contribution in [1.29, 1.82) is 0 Å². The Labute approximate surface area is 121 Å². The molecule has 3 fully saturated rings. The van der Waals surface area contributed by atoms with Crippen molar-refractivity contribution in [3.8, 4) is 0 Å². The first-order chi connectivity index (χ1) is 10.2. The number of hydrogen-bond donors (Lipinski definition) is 0. The minimum atomic E-state index is -0.191. The third kappa shape index (κ3) is 1.25. The number of nitrogens with zero attached hydrogens (tertiary/aromatic N) is 2. The molecule has 0 unspecified atom stereocenters. The van der Waals surface area contributed by atoms with E-state index in [0.29, 0.717) is 5.76 Å². The third-order valence-electron chi connectivity index (χ3n) is 5.67. The minimum absolute atomic E-state index is 0.143. The predicted molar refractivity (Wildman–Crippen MR) is 72.9 cm³/mol. The summed E-state index contributed by atoms with van der Waals surface area (Å²) in [4.78, 5) is 25.2. The molecule has 5 rings (SSSR count). The third-order valence-corrected chi connectivity index (χ3v) is 5.67. The average Bonchev–Trinajstić information content (AvgIpc) is 2.77. The molecule has 5 nitrogen and oxygen atoms in total. The summed E-state index contributed by atoms with van der Waals surface area (Å²) in [5, 5.41) is 5.12. The zero-order chi connectivity index (χ0) is 14.2. The van der Waals surface area contributed by atoms with Gasteiger partial charge in [0.05, 0.1) is 24.3 Å². The molecule has 0 N–H and O–H groups in total. The van der Waals surface area contributed by atoms with Gasteiger partial charge in [0.1, 0.15) is 5.76 Å². The lowest BCUT2D eigenvalue weighted by Gasteiger charge is -2.18. The fraction of sp³-hybridized carbons (Fsp3) is 0.438. The number of hydrogen-bond acceptors (Lipinski definition) is 4. The maximum Gasteiger partial charge on any atom is 0.254 e. The molecular weight excluding hydrogens is 268 g/mol. The predicted octanol–water partition coefficient (Wildman–Crippen LogP) is 1.81. The Morgan fingerprint density at radius 2 is 1.86 bits per heavy atom. The number of allylic oxidation sites excluding steroid dienone is 2. The number of furan rings is 1. The van der Waals surface area contributed by atoms with E-state index in [2.05, 4.69) is 17.3 Å². The molecule has 1 aromatic rings. The van der Waals surface area contributed by atoms with Crippen LogP contribution >= 0.6 is 0 Å². The molecule has 4 atom stereocenters. The molecule has 2 bridgehead atoms. The highest BCUT2D eigenvalue weighted by molar-refractivity contribution is 6.07. The first-order valence-electron chi connectivity index (χ1n) is 7.36. The molecule has 0 aromatic carbocycles. The van der Waals surface area contributed by atoms with Crippen LogP contribution in [-0.2, 0) is 9.59 Å². The van der Waals surface area contributed by atoms with Crippen LogP contribution in [0.1, 0.15) is 18.6 Å². The summed E-state index contributed by atoms with van der Waals surface area (Å²) >= 11 is 0. The van der Waals surface area contributed by atoms with Crippen LogP contribution in [0.3, 0.4) is 0 Å². The lowest BCUT2D eigenvalue weighted by Crippen LogP contribution is -2.30. The Kier molecular flexibility index (Phi) is 1.93. The van der Waals surface area contributed by atoms with E-state index in [1.54, 1.807) is 12.1 Å². The summed E-state index contributed by atoms with van der Waals surface area (Å²) in [6.45, 7) is 0. The highest BCUT2D eigenvalue weighted by Gasteiger charge is 2.73. The van der Waals surface area contributed by atoms with Crippen molar-refractivity contribution < 1.29 is 14.0 Å². The van der Waals surface area contributed by atoms with E-state index >= 15 is 0 Å². The van der Waals surface area contributed by atoms with Crippen molar-refractivity contribution in [2.75, 3.05) is 0 Å². The van der Waals surface area contributed by atoms with Crippen LogP contribution in [0.25, 0.3) is 0 Å². The Hall–Kier alpha value is -2.17. The average molecular weight is 282 g/mol. The van der Waals surface area contributed by atoms with Gasteiger partial charge >= 0.3 is 0 Å². The van der Waals surface area contributed by atoms with Gasteiger partial charge in [-0.2, -0.15) is 10.1 Å². The van der Waals surface area contributed by atoms with Gasteiger partial charge in [0.2, 0.25) is 0 Å². The fourth-order valence-corrected chi connectivity index (χ4v) is 4.66. The fourth-order valence-electron chi connectivity index (χ4n) is 4.66. The van der Waals surface area contributed by atoms with Crippen molar-refractivity contribution in [2.24, 2.45) is 34.2 Å². The largest absolute Gasteiger partial charge is 0.463 e. The Balaban J connectivity index is 1.48. The molecule has 3 aliphatic carbocycles. The number of carbonyl (C=O) groups is 2. The van der Waals surface area contributed by atoms with E-state index < -0.39 is 0 Å². The summed E-state index contributed by atoms with van der Waals surface area (Å²) in [7, 11) is 0. The molecule has 2 saturated carbocycles. The van der Waals surface area contributed by atoms with E-state index in [1.807, 2.05) is 0 Å². The second kappa shape index (κ2) is 3.53. The van der Waals surface area contributed by atoms with Crippen molar-refractivity contribution in [2.45, 2.75) is 12.8 Å². The lowest BCUT2D eigenvalue weighted by molar-refractivity contribution is -0.141. The van der Waals surface area contributed by atoms with Gasteiger partial charge in [-0.15, -0.1) is 0 Å². The second-order valence-electron chi connectivity index (χ2n) is 6.47. The molecule has 0 radical (unpaired) electrons. The summed E-state index contributed by atoms with van der Waals surface area (Å²) in [6.07, 6.45) is 9.58. The smallest absolute Gasteiger partial charge is 0.254 e. The maximum absolute atomic E-state index is 12.6. The molecule has 21 heavy (non-hydrogen) atoms. The van der Waals surface area contributed by atoms with Crippen LogP contribution in [-0.4, -0.2) is 23.0 Å². The first kappa shape index (κ1) is 11.5. The summed E-state index contributed by atoms with van der Waals surface area (Å²) in [5.41, 5.74) is 0.234. The number of rotatable bonds is 2. The van der Waals surface area contributed by atoms with Gasteiger partial charge in [0.25, 0.3) is 11.8 Å². The van der Waals surface area contributed by atoms with E-state index in [-0.39, 0.29) is 40.9 Å². The molecule has 2 amide bonds. The number of carbonyl (C=O) groups excluding carboxylic acids is 2. The first-order valence-corrected chi connectivity index (χ1v) is 7.36. The van der Waals surface area contributed by atoms with Gasteiger partial charge in [-0.25, -0.2) is 0 Å². The van der Waals surface area contributed by atoms with Crippen molar-refractivity contribution in [3.63, 3.8) is 0 Å². The van der Waals surface area contributed by atoms with Gasteiger partial charge in [0, 0.05) is 0 Å². The second-order valence-corrected chi connectivity index (χ2v) is 6.47. The molecule has 5 heteroatoms. The van der Waals surface area contributed by atoms with Crippen LogP contribution in [0.5, 0.6) is 0 Å². The maximum atomic E-state index is 12.6. The minimum Gasteiger partial charge on any atom is -0.463 e. The van der Waals surface area contributed by atoms with Crippen molar-refractivity contribution >= 4 is 18.0 Å². The van der Waals surface area contributed by atoms with Gasteiger partial charge in [-0.3, -0.25) is 9.59 Å². The summed E-state index contributed by atoms with van der Waals surface area (Å²) in [5.74, 6) is 0.354. The van der Waals surface area contributed by atoms with E-state index in [4.69, 9.17) is 4.42 Å². The van der Waals surface area contributed by atoms with Crippen LogP contribution < -0.4 is 0 Å². The van der Waals surface area contributed by atoms with Crippen LogP contribution in [0.2, 0.25) is 0 Å². The topological polar surface area (TPSA) is 62.9 Å². The SMILES string of the molecule is O=C1[C@@H]2[C@@H](C(=O)N1/N=C\c1ccco1)[C@@H]1C=C[C@@H]2C12CC2. The van der Waals surface area contributed by atoms with Crippen LogP contribution in [0, 0.1) is 29.1 Å². The van der Waals surface area contributed by atoms with Crippen molar-refractivity contribution in [3.05, 3.63) is 36.3 Å². The normalized spacial score (nSPS) is 38.2. The van der Waals surface area contributed by atoms with E-state index in [0.717, 1.165) is 17.9 Å². The Bertz CT molecular complexity index is 665. The monoisotopic (exact) mass is 282 g/mol. The highest BCUT2D eigenvalue weighted by Crippen LogP contribution is 2.73. The number of imide groups is 1. The van der Waals surface area contributed by atoms with Gasteiger partial charge in [-0.05, 0) is 42.2 Å². The van der Waals surface area contributed by atoms with Gasteiger partial charge < -0.3 is 4.42 Å². The van der Waals surface area contributed by atoms with Crippen molar-refractivity contribution in [1.82, 2.24) is 5.01 Å². The Morgan fingerprint density at radius 1 is 1.19 bits per heavy atom. The molecule has 1 spiro atoms. The number of amides is 2. The molecule has 106 valence electrons. The molecule has 1 aromatic heterocycles. The summed E-state index contributed by atoms with van der Waals surface area (Å²) in [6, 6.07) is 3.48. The number of fused-ring (bicyclic) bond motifs is 3. The van der Waals surface area contributed by atoms with E-state index in [1.165, 1.54) is 12.5 Å². The molecule has 4 aliphatic rings. The summed E-state index contributed by atoms with van der Waals surface area (Å²) < 4.78 is 5.14. The zero-order valence-corrected chi connectivity index (χ0v) is 11.3. The van der Waals surface area contributed by atoms with E-state index in [9.17, 15) is 9.59 Å². The molecule has 2 heterocycles. The van der Waals surface area contributed by atoms with Gasteiger partial charge in [0.15, 0.2) is 0 Å². The standard InChI is InChI=1S/C16H14N2O3/c19-14-12-10-3-4-11(16(10)5-6-16)13(12)15(20)18(14)17-8-9-2-1-7-21-9/h1-4,7-8,10-13H,5-6H2/b17-8-/t10-,11-,12-,13-/m0/s1. The lowest BCUT2D eigenvalue weighted by atomic mass is 9.85. The number of hydrazone groups is 1. The quantitative estimate of drug-likeness (QED) is 0.472. The van der Waals surface area contributed by atoms with Gasteiger partial charge in [-0.1, -0.05) is 12.2 Å².